The van der Waals surface area contributed by atoms with Crippen molar-refractivity contribution in [3.05, 3.63) is 36.9 Å². The Balaban J connectivity index is 1.96. The van der Waals surface area contributed by atoms with Crippen LogP contribution in [0, 0.1) is 5.41 Å². The lowest BCUT2D eigenvalue weighted by atomic mass is 9.89. The van der Waals surface area contributed by atoms with E-state index in [1.165, 1.54) is 10.6 Å². The maximum absolute atomic E-state index is 5.26. The topological polar surface area (TPSA) is 21.3 Å². The van der Waals surface area contributed by atoms with Crippen LogP contribution in [0.4, 0.5) is 5.69 Å². The summed E-state index contributed by atoms with van der Waals surface area (Å²) in [5.74, 6) is 0.944. The molecule has 3 heteroatoms. The first-order valence-electron chi connectivity index (χ1n) is 5.88. The van der Waals surface area contributed by atoms with Crippen LogP contribution in [-0.4, -0.2) is 25.5 Å². The average Bonchev–Trinajstić information content (AvgIpc) is 2.32. The standard InChI is InChI=1S/C14H19NOS/c1-3-8-17-13-7-5-4-6-12(13)15-9-14(2)10-16-11-14/h3-7,15H,1,8-11H2,2H3. The van der Waals surface area contributed by atoms with Crippen LogP contribution in [0.1, 0.15) is 6.92 Å². The Hall–Kier alpha value is -0.930. The summed E-state index contributed by atoms with van der Waals surface area (Å²) >= 11 is 1.81. The minimum absolute atomic E-state index is 0.302. The second kappa shape index (κ2) is 5.61. The first-order chi connectivity index (χ1) is 8.23. The van der Waals surface area contributed by atoms with Gasteiger partial charge in [-0.2, -0.15) is 0 Å². The van der Waals surface area contributed by atoms with E-state index in [0.717, 1.165) is 25.5 Å². The number of anilines is 1. The molecular formula is C14H19NOS. The van der Waals surface area contributed by atoms with Gasteiger partial charge in [0.1, 0.15) is 0 Å². The van der Waals surface area contributed by atoms with Gasteiger partial charge in [0, 0.05) is 28.3 Å². The fourth-order valence-corrected chi connectivity index (χ4v) is 2.52. The Morgan fingerprint density at radius 1 is 1.47 bits per heavy atom. The summed E-state index contributed by atoms with van der Waals surface area (Å²) in [5.41, 5.74) is 1.52. The van der Waals surface area contributed by atoms with Gasteiger partial charge in [-0.05, 0) is 12.1 Å². The van der Waals surface area contributed by atoms with Crippen molar-refractivity contribution >= 4 is 17.4 Å². The van der Waals surface area contributed by atoms with Crippen LogP contribution in [0.5, 0.6) is 0 Å². The summed E-state index contributed by atoms with van der Waals surface area (Å²) in [6.45, 7) is 8.71. The van der Waals surface area contributed by atoms with Crippen LogP contribution in [0.15, 0.2) is 41.8 Å². The lowest BCUT2D eigenvalue weighted by Crippen LogP contribution is -2.45. The molecule has 1 aliphatic heterocycles. The molecule has 0 unspecified atom stereocenters. The number of hydrogen-bond donors (Lipinski definition) is 1. The molecule has 0 aromatic heterocycles. The van der Waals surface area contributed by atoms with Crippen LogP contribution in [-0.2, 0) is 4.74 Å². The van der Waals surface area contributed by atoms with E-state index in [9.17, 15) is 0 Å². The molecule has 2 nitrogen and oxygen atoms in total. The Labute approximate surface area is 107 Å². The highest BCUT2D eigenvalue weighted by Crippen LogP contribution is 2.30. The zero-order valence-electron chi connectivity index (χ0n) is 10.2. The highest BCUT2D eigenvalue weighted by atomic mass is 32.2. The second-order valence-corrected chi connectivity index (χ2v) is 5.81. The van der Waals surface area contributed by atoms with E-state index in [4.69, 9.17) is 4.74 Å². The Kier molecular flexibility index (Phi) is 4.13. The number of rotatable bonds is 6. The Morgan fingerprint density at radius 2 is 2.24 bits per heavy atom. The van der Waals surface area contributed by atoms with Crippen LogP contribution in [0.25, 0.3) is 0 Å². The molecule has 0 atom stereocenters. The molecule has 0 radical (unpaired) electrons. The summed E-state index contributed by atoms with van der Waals surface area (Å²) in [5, 5.41) is 3.53. The van der Waals surface area contributed by atoms with Gasteiger partial charge < -0.3 is 10.1 Å². The predicted molar refractivity (Wildman–Crippen MR) is 74.8 cm³/mol. The minimum atomic E-state index is 0.302. The van der Waals surface area contributed by atoms with Crippen molar-refractivity contribution in [1.29, 1.82) is 0 Å². The SMILES string of the molecule is C=CCSc1ccccc1NCC1(C)COC1. The molecule has 92 valence electrons. The molecule has 0 amide bonds. The second-order valence-electron chi connectivity index (χ2n) is 4.75. The predicted octanol–water partition coefficient (Wildman–Crippen LogP) is 3.41. The first-order valence-corrected chi connectivity index (χ1v) is 6.86. The molecule has 0 bridgehead atoms. The monoisotopic (exact) mass is 249 g/mol. The molecule has 1 heterocycles. The molecule has 0 spiro atoms. The third-order valence-corrected chi connectivity index (χ3v) is 3.92. The van der Waals surface area contributed by atoms with Gasteiger partial charge in [-0.3, -0.25) is 0 Å². The number of thioether (sulfide) groups is 1. The number of ether oxygens (including phenoxy) is 1. The lowest BCUT2D eigenvalue weighted by Gasteiger charge is -2.38. The summed E-state index contributed by atoms with van der Waals surface area (Å²) in [6, 6.07) is 8.43. The molecule has 0 aliphatic carbocycles. The van der Waals surface area contributed by atoms with Gasteiger partial charge in [-0.15, -0.1) is 18.3 Å². The fraction of sp³-hybridized carbons (Fsp3) is 0.429. The molecule has 2 rings (SSSR count). The van der Waals surface area contributed by atoms with E-state index >= 15 is 0 Å². The average molecular weight is 249 g/mol. The van der Waals surface area contributed by atoms with Gasteiger partial charge in [0.25, 0.3) is 0 Å². The molecular weight excluding hydrogens is 230 g/mol. The van der Waals surface area contributed by atoms with Gasteiger partial charge >= 0.3 is 0 Å². The molecule has 1 saturated heterocycles. The van der Waals surface area contributed by atoms with Crippen LogP contribution in [0.2, 0.25) is 0 Å². The smallest absolute Gasteiger partial charge is 0.0559 e. The zero-order chi connectivity index (χ0) is 12.1. The third-order valence-electron chi connectivity index (χ3n) is 2.85. The van der Waals surface area contributed by atoms with Gasteiger partial charge in [-0.25, -0.2) is 0 Å². The lowest BCUT2D eigenvalue weighted by molar-refractivity contribution is -0.0924. The van der Waals surface area contributed by atoms with Crippen molar-refractivity contribution in [2.75, 3.05) is 30.8 Å². The van der Waals surface area contributed by atoms with E-state index in [1.54, 1.807) is 0 Å². The number of benzene rings is 1. The largest absolute Gasteiger partial charge is 0.383 e. The molecule has 1 fully saturated rings. The molecule has 17 heavy (non-hydrogen) atoms. The summed E-state index contributed by atoms with van der Waals surface area (Å²) in [4.78, 5) is 1.29. The summed E-state index contributed by atoms with van der Waals surface area (Å²) in [6.07, 6.45) is 1.93. The maximum Gasteiger partial charge on any atom is 0.0559 e. The van der Waals surface area contributed by atoms with E-state index in [1.807, 2.05) is 17.8 Å². The Morgan fingerprint density at radius 3 is 2.88 bits per heavy atom. The van der Waals surface area contributed by atoms with Gasteiger partial charge in [0.15, 0.2) is 0 Å². The normalized spacial score (nSPS) is 17.2. The Bertz CT molecular complexity index is 388. The first kappa shape index (κ1) is 12.5. The van der Waals surface area contributed by atoms with Gasteiger partial charge in [0.2, 0.25) is 0 Å². The molecule has 1 N–H and O–H groups in total. The third kappa shape index (κ3) is 3.27. The van der Waals surface area contributed by atoms with E-state index < -0.39 is 0 Å². The summed E-state index contributed by atoms with van der Waals surface area (Å²) in [7, 11) is 0. The number of hydrogen-bond acceptors (Lipinski definition) is 3. The number of para-hydroxylation sites is 1. The van der Waals surface area contributed by atoms with Crippen molar-refractivity contribution in [3.8, 4) is 0 Å². The van der Waals surface area contributed by atoms with Gasteiger partial charge in [0.05, 0.1) is 13.2 Å². The summed E-state index contributed by atoms with van der Waals surface area (Å²) < 4.78 is 5.26. The highest BCUT2D eigenvalue weighted by Gasteiger charge is 2.33. The van der Waals surface area contributed by atoms with Crippen molar-refractivity contribution in [2.45, 2.75) is 11.8 Å². The molecule has 1 aromatic rings. The van der Waals surface area contributed by atoms with Crippen molar-refractivity contribution in [2.24, 2.45) is 5.41 Å². The van der Waals surface area contributed by atoms with Crippen LogP contribution < -0.4 is 5.32 Å². The molecule has 1 aromatic carbocycles. The maximum atomic E-state index is 5.26. The van der Waals surface area contributed by atoms with E-state index in [-0.39, 0.29) is 0 Å². The molecule has 1 aliphatic rings. The quantitative estimate of drug-likeness (QED) is 0.616. The fourth-order valence-electron chi connectivity index (χ4n) is 1.75. The zero-order valence-corrected chi connectivity index (χ0v) is 11.1. The molecule has 0 saturated carbocycles. The van der Waals surface area contributed by atoms with Crippen molar-refractivity contribution in [1.82, 2.24) is 0 Å². The van der Waals surface area contributed by atoms with Crippen LogP contribution in [0.3, 0.4) is 0 Å². The van der Waals surface area contributed by atoms with Crippen LogP contribution >= 0.6 is 11.8 Å². The highest BCUT2D eigenvalue weighted by molar-refractivity contribution is 7.99. The van der Waals surface area contributed by atoms with Gasteiger partial charge in [-0.1, -0.05) is 25.1 Å². The van der Waals surface area contributed by atoms with E-state index in [0.29, 0.717) is 5.41 Å². The van der Waals surface area contributed by atoms with E-state index in [2.05, 4.69) is 43.1 Å². The number of nitrogens with one attached hydrogen (secondary N) is 1. The minimum Gasteiger partial charge on any atom is -0.383 e. The van der Waals surface area contributed by atoms with Crippen molar-refractivity contribution < 1.29 is 4.74 Å². The van der Waals surface area contributed by atoms with Crippen molar-refractivity contribution in [3.63, 3.8) is 0 Å².